The average Bonchev–Trinajstić information content (AvgIpc) is 3.13. The molecule has 6 heteroatoms. The fraction of sp³-hybridized carbons (Fsp3) is 0.375. The van der Waals surface area contributed by atoms with Crippen LogP contribution in [0.4, 0.5) is 4.39 Å². The maximum absolute atomic E-state index is 13.1. The summed E-state index contributed by atoms with van der Waals surface area (Å²) in [6, 6.07) is 6.26. The Morgan fingerprint density at radius 3 is 2.86 bits per heavy atom. The van der Waals surface area contributed by atoms with Crippen molar-refractivity contribution in [2.45, 2.75) is 25.8 Å². The molecule has 0 saturated carbocycles. The molecule has 0 spiro atoms. The molecule has 3 rings (SSSR count). The number of rotatable bonds is 3. The molecule has 22 heavy (non-hydrogen) atoms. The number of carbonyl (C=O) groups is 1. The largest absolute Gasteiger partial charge is 0.333 e. The SMILES string of the molecule is Cc1nc(C(=O)N2CCCC2CN)c(-c2ccc(F)cc2)s1. The zero-order chi connectivity index (χ0) is 15.7. The van der Waals surface area contributed by atoms with Crippen molar-refractivity contribution in [3.63, 3.8) is 0 Å². The van der Waals surface area contributed by atoms with E-state index >= 15 is 0 Å². The summed E-state index contributed by atoms with van der Waals surface area (Å²) in [5.41, 5.74) is 7.03. The van der Waals surface area contributed by atoms with Gasteiger partial charge in [-0.05, 0) is 37.5 Å². The van der Waals surface area contributed by atoms with Crippen molar-refractivity contribution in [3.05, 3.63) is 40.8 Å². The van der Waals surface area contributed by atoms with E-state index in [1.165, 1.54) is 23.5 Å². The quantitative estimate of drug-likeness (QED) is 0.946. The Labute approximate surface area is 132 Å². The molecule has 1 aliphatic heterocycles. The van der Waals surface area contributed by atoms with Crippen LogP contribution >= 0.6 is 11.3 Å². The Kier molecular flexibility index (Phi) is 4.22. The van der Waals surface area contributed by atoms with Gasteiger partial charge in [-0.1, -0.05) is 12.1 Å². The minimum Gasteiger partial charge on any atom is -0.333 e. The first-order valence-electron chi connectivity index (χ1n) is 7.34. The first-order chi connectivity index (χ1) is 10.6. The third kappa shape index (κ3) is 2.76. The van der Waals surface area contributed by atoms with Crippen LogP contribution in [-0.2, 0) is 0 Å². The topological polar surface area (TPSA) is 59.2 Å². The molecule has 0 bridgehead atoms. The highest BCUT2D eigenvalue weighted by molar-refractivity contribution is 7.15. The Bertz CT molecular complexity index is 683. The van der Waals surface area contributed by atoms with Gasteiger partial charge in [-0.3, -0.25) is 4.79 Å². The van der Waals surface area contributed by atoms with Gasteiger partial charge in [0.2, 0.25) is 0 Å². The van der Waals surface area contributed by atoms with E-state index in [0.717, 1.165) is 34.8 Å². The van der Waals surface area contributed by atoms with Gasteiger partial charge in [0.1, 0.15) is 11.5 Å². The average molecular weight is 319 g/mol. The highest BCUT2D eigenvalue weighted by Crippen LogP contribution is 2.32. The van der Waals surface area contributed by atoms with E-state index in [-0.39, 0.29) is 17.8 Å². The number of nitrogens with zero attached hydrogens (tertiary/aromatic N) is 2. The molecular weight excluding hydrogens is 301 g/mol. The van der Waals surface area contributed by atoms with E-state index in [1.54, 1.807) is 12.1 Å². The maximum Gasteiger partial charge on any atom is 0.274 e. The van der Waals surface area contributed by atoms with E-state index in [2.05, 4.69) is 4.98 Å². The Hall–Kier alpha value is -1.79. The fourth-order valence-corrected chi connectivity index (χ4v) is 3.77. The lowest BCUT2D eigenvalue weighted by atomic mass is 10.1. The van der Waals surface area contributed by atoms with Crippen LogP contribution in [0.15, 0.2) is 24.3 Å². The van der Waals surface area contributed by atoms with E-state index in [9.17, 15) is 9.18 Å². The van der Waals surface area contributed by atoms with Crippen LogP contribution in [0.5, 0.6) is 0 Å². The minimum atomic E-state index is -0.291. The molecule has 2 N–H and O–H groups in total. The van der Waals surface area contributed by atoms with Crippen LogP contribution in [0.3, 0.4) is 0 Å². The second-order valence-corrected chi connectivity index (χ2v) is 6.65. The van der Waals surface area contributed by atoms with Crippen molar-refractivity contribution in [3.8, 4) is 10.4 Å². The summed E-state index contributed by atoms with van der Waals surface area (Å²) in [6.07, 6.45) is 1.92. The molecule has 1 fully saturated rings. The number of halogens is 1. The molecule has 1 saturated heterocycles. The number of benzene rings is 1. The predicted molar refractivity (Wildman–Crippen MR) is 85.4 cm³/mol. The zero-order valence-electron chi connectivity index (χ0n) is 12.4. The normalized spacial score (nSPS) is 18.0. The van der Waals surface area contributed by atoms with Crippen molar-refractivity contribution in [2.24, 2.45) is 5.73 Å². The van der Waals surface area contributed by atoms with Crippen LogP contribution < -0.4 is 5.73 Å². The van der Waals surface area contributed by atoms with Gasteiger partial charge in [-0.2, -0.15) is 0 Å². The molecule has 116 valence electrons. The summed E-state index contributed by atoms with van der Waals surface area (Å²) in [6.45, 7) is 3.07. The molecule has 1 amide bonds. The standard InChI is InChI=1S/C16H18FN3OS/c1-10-19-14(16(21)20-8-2-3-13(20)9-18)15(22-10)11-4-6-12(17)7-5-11/h4-7,13H,2-3,8-9,18H2,1H3. The summed E-state index contributed by atoms with van der Waals surface area (Å²) >= 11 is 1.46. The van der Waals surface area contributed by atoms with Gasteiger partial charge in [0.15, 0.2) is 0 Å². The number of hydrogen-bond donors (Lipinski definition) is 1. The molecule has 0 radical (unpaired) electrons. The van der Waals surface area contributed by atoms with E-state index in [0.29, 0.717) is 12.2 Å². The maximum atomic E-state index is 13.1. The van der Waals surface area contributed by atoms with E-state index < -0.39 is 0 Å². The summed E-state index contributed by atoms with van der Waals surface area (Å²) in [5.74, 6) is -0.364. The first-order valence-corrected chi connectivity index (χ1v) is 8.16. The highest BCUT2D eigenvalue weighted by atomic mass is 32.1. The van der Waals surface area contributed by atoms with Crippen molar-refractivity contribution in [1.82, 2.24) is 9.88 Å². The summed E-state index contributed by atoms with van der Waals surface area (Å²) in [5, 5.41) is 0.825. The second-order valence-electron chi connectivity index (χ2n) is 5.45. The highest BCUT2D eigenvalue weighted by Gasteiger charge is 2.31. The Balaban J connectivity index is 1.97. The van der Waals surface area contributed by atoms with E-state index in [4.69, 9.17) is 5.73 Å². The van der Waals surface area contributed by atoms with Crippen LogP contribution in [0, 0.1) is 12.7 Å². The number of likely N-dealkylation sites (tertiary alicyclic amines) is 1. The monoisotopic (exact) mass is 319 g/mol. The Morgan fingerprint density at radius 1 is 1.45 bits per heavy atom. The van der Waals surface area contributed by atoms with Crippen molar-refractivity contribution >= 4 is 17.2 Å². The Morgan fingerprint density at radius 2 is 2.18 bits per heavy atom. The molecule has 2 heterocycles. The first kappa shape index (κ1) is 15.1. The van der Waals surface area contributed by atoms with Crippen molar-refractivity contribution < 1.29 is 9.18 Å². The molecule has 1 aromatic heterocycles. The molecule has 2 aromatic rings. The van der Waals surface area contributed by atoms with Gasteiger partial charge in [-0.15, -0.1) is 11.3 Å². The third-order valence-electron chi connectivity index (χ3n) is 3.95. The van der Waals surface area contributed by atoms with Gasteiger partial charge < -0.3 is 10.6 Å². The number of carbonyl (C=O) groups excluding carboxylic acids is 1. The van der Waals surface area contributed by atoms with Gasteiger partial charge in [0, 0.05) is 19.1 Å². The number of aromatic nitrogens is 1. The predicted octanol–water partition coefficient (Wildman–Crippen LogP) is 2.82. The molecule has 1 atom stereocenters. The van der Waals surface area contributed by atoms with Crippen LogP contribution in [0.1, 0.15) is 28.3 Å². The molecule has 0 aliphatic carbocycles. The molecule has 4 nitrogen and oxygen atoms in total. The number of nitrogens with two attached hydrogens (primary N) is 1. The molecule has 1 unspecified atom stereocenters. The minimum absolute atomic E-state index is 0.0726. The van der Waals surface area contributed by atoms with Gasteiger partial charge in [-0.25, -0.2) is 9.37 Å². The third-order valence-corrected chi connectivity index (χ3v) is 4.97. The number of aryl methyl sites for hydroxylation is 1. The molecule has 1 aromatic carbocycles. The van der Waals surface area contributed by atoms with Crippen LogP contribution in [0.25, 0.3) is 10.4 Å². The number of thiazole rings is 1. The van der Waals surface area contributed by atoms with E-state index in [1.807, 2.05) is 11.8 Å². The summed E-state index contributed by atoms with van der Waals surface area (Å²) in [7, 11) is 0. The summed E-state index contributed by atoms with van der Waals surface area (Å²) in [4.78, 5) is 19.9. The van der Waals surface area contributed by atoms with Gasteiger partial charge in [0.25, 0.3) is 5.91 Å². The summed E-state index contributed by atoms with van der Waals surface area (Å²) < 4.78 is 13.1. The number of amides is 1. The lowest BCUT2D eigenvalue weighted by Gasteiger charge is -2.23. The van der Waals surface area contributed by atoms with Crippen molar-refractivity contribution in [2.75, 3.05) is 13.1 Å². The smallest absolute Gasteiger partial charge is 0.274 e. The number of hydrogen-bond acceptors (Lipinski definition) is 4. The van der Waals surface area contributed by atoms with Crippen molar-refractivity contribution in [1.29, 1.82) is 0 Å². The van der Waals surface area contributed by atoms with Gasteiger partial charge in [0.05, 0.1) is 9.88 Å². The van der Waals surface area contributed by atoms with Crippen LogP contribution in [-0.4, -0.2) is 34.9 Å². The second kappa shape index (κ2) is 6.14. The molecule has 1 aliphatic rings. The molecular formula is C16H18FN3OS. The zero-order valence-corrected chi connectivity index (χ0v) is 13.2. The fourth-order valence-electron chi connectivity index (χ4n) is 2.85. The van der Waals surface area contributed by atoms with Crippen LogP contribution in [0.2, 0.25) is 0 Å². The lowest BCUT2D eigenvalue weighted by Crippen LogP contribution is -2.40. The lowest BCUT2D eigenvalue weighted by molar-refractivity contribution is 0.0736. The van der Waals surface area contributed by atoms with Gasteiger partial charge >= 0.3 is 0 Å².